The molecule has 0 saturated carbocycles. The van der Waals surface area contributed by atoms with Crippen molar-refractivity contribution in [2.75, 3.05) is 25.5 Å². The fourth-order valence-electron chi connectivity index (χ4n) is 2.57. The van der Waals surface area contributed by atoms with Gasteiger partial charge in [0.05, 0.1) is 12.8 Å². The molecule has 7 heteroatoms. The molecule has 2 heterocycles. The second-order valence-corrected chi connectivity index (χ2v) is 7.25. The van der Waals surface area contributed by atoms with Crippen molar-refractivity contribution < 1.29 is 13.2 Å². The third-order valence-electron chi connectivity index (χ3n) is 3.81. The summed E-state index contributed by atoms with van der Waals surface area (Å²) in [6.07, 6.45) is 3.23. The average Bonchev–Trinajstić information content (AvgIpc) is 3.11. The summed E-state index contributed by atoms with van der Waals surface area (Å²) >= 11 is 0. The first kappa shape index (κ1) is 15.8. The highest BCUT2D eigenvalue weighted by Gasteiger charge is 2.27. The van der Waals surface area contributed by atoms with E-state index < -0.39 is 10.0 Å². The number of rotatable bonds is 5. The lowest BCUT2D eigenvalue weighted by molar-refractivity contribution is 0.417. The summed E-state index contributed by atoms with van der Waals surface area (Å²) in [6.45, 7) is 1.17. The van der Waals surface area contributed by atoms with Crippen molar-refractivity contribution in [3.63, 3.8) is 0 Å². The molecule has 0 amide bonds. The summed E-state index contributed by atoms with van der Waals surface area (Å²) in [5.41, 5.74) is 0.776. The Labute approximate surface area is 136 Å². The van der Waals surface area contributed by atoms with Crippen molar-refractivity contribution in [3.8, 4) is 5.75 Å². The lowest BCUT2D eigenvalue weighted by Gasteiger charge is -2.15. The van der Waals surface area contributed by atoms with Crippen LogP contribution in [0.25, 0.3) is 0 Å². The molecule has 0 radical (unpaired) electrons. The van der Waals surface area contributed by atoms with E-state index in [0.29, 0.717) is 24.7 Å². The van der Waals surface area contributed by atoms with E-state index in [1.54, 1.807) is 19.2 Å². The van der Waals surface area contributed by atoms with Crippen molar-refractivity contribution >= 4 is 21.5 Å². The zero-order chi connectivity index (χ0) is 16.3. The maximum absolute atomic E-state index is 12.5. The molecule has 1 aliphatic heterocycles. The molecule has 6 nitrogen and oxygen atoms in total. The van der Waals surface area contributed by atoms with Crippen LogP contribution in [0.4, 0.5) is 11.5 Å². The number of ether oxygens (including phenoxy) is 1. The number of aromatic nitrogens is 1. The van der Waals surface area contributed by atoms with Gasteiger partial charge >= 0.3 is 0 Å². The van der Waals surface area contributed by atoms with Gasteiger partial charge in [-0.15, -0.1) is 0 Å². The number of pyridine rings is 1. The fourth-order valence-corrected chi connectivity index (χ4v) is 4.03. The second kappa shape index (κ2) is 6.55. The van der Waals surface area contributed by atoms with E-state index in [1.165, 1.54) is 10.5 Å². The molecule has 3 rings (SSSR count). The summed E-state index contributed by atoms with van der Waals surface area (Å²) in [5.74, 6) is 1.26. The van der Waals surface area contributed by atoms with Crippen LogP contribution in [0, 0.1) is 0 Å². The van der Waals surface area contributed by atoms with Gasteiger partial charge in [0, 0.05) is 19.3 Å². The third-order valence-corrected chi connectivity index (χ3v) is 5.69. The minimum absolute atomic E-state index is 0.227. The van der Waals surface area contributed by atoms with Crippen LogP contribution in [-0.4, -0.2) is 37.9 Å². The Hall–Kier alpha value is -2.12. The third kappa shape index (κ3) is 3.30. The molecule has 1 aromatic heterocycles. The maximum atomic E-state index is 12.5. The van der Waals surface area contributed by atoms with Crippen LogP contribution in [0.1, 0.15) is 12.8 Å². The largest absolute Gasteiger partial charge is 0.495 e. The molecule has 1 aromatic carbocycles. The van der Waals surface area contributed by atoms with Gasteiger partial charge in [-0.3, -0.25) is 0 Å². The normalized spacial score (nSPS) is 15.5. The molecule has 0 aliphatic carbocycles. The summed E-state index contributed by atoms with van der Waals surface area (Å²) in [5, 5.41) is 3.13. The Morgan fingerprint density at radius 2 is 1.87 bits per heavy atom. The molecule has 0 spiro atoms. The Morgan fingerprint density at radius 3 is 2.52 bits per heavy atom. The van der Waals surface area contributed by atoms with Crippen LogP contribution in [0.15, 0.2) is 47.5 Å². The topological polar surface area (TPSA) is 71.5 Å². The van der Waals surface area contributed by atoms with Gasteiger partial charge < -0.3 is 10.1 Å². The number of nitrogens with one attached hydrogen (secondary N) is 1. The first-order valence-corrected chi connectivity index (χ1v) is 8.91. The van der Waals surface area contributed by atoms with E-state index in [4.69, 9.17) is 4.74 Å². The van der Waals surface area contributed by atoms with Gasteiger partial charge in [-0.1, -0.05) is 12.1 Å². The second-order valence-electron chi connectivity index (χ2n) is 5.32. The van der Waals surface area contributed by atoms with E-state index >= 15 is 0 Å². The molecule has 1 N–H and O–H groups in total. The van der Waals surface area contributed by atoms with Gasteiger partial charge in [-0.05, 0) is 37.1 Å². The van der Waals surface area contributed by atoms with Crippen LogP contribution >= 0.6 is 0 Å². The number of sulfonamides is 1. The monoisotopic (exact) mass is 333 g/mol. The van der Waals surface area contributed by atoms with Crippen molar-refractivity contribution in [3.05, 3.63) is 42.6 Å². The Bertz CT molecular complexity index is 769. The molecule has 0 atom stereocenters. The number of hydrogen-bond donors (Lipinski definition) is 1. The first-order valence-electron chi connectivity index (χ1n) is 7.47. The number of methoxy groups -OCH3 is 1. The predicted octanol–water partition coefficient (Wildman–Crippen LogP) is 2.62. The number of para-hydroxylation sites is 2. The molecular formula is C16H19N3O3S. The van der Waals surface area contributed by atoms with Crippen LogP contribution in [0.3, 0.4) is 0 Å². The lowest BCUT2D eigenvalue weighted by atomic mass is 10.3. The first-order chi connectivity index (χ1) is 11.1. The van der Waals surface area contributed by atoms with Crippen LogP contribution in [0.2, 0.25) is 0 Å². The molecular weight excluding hydrogens is 314 g/mol. The highest BCUT2D eigenvalue weighted by Crippen LogP contribution is 2.27. The molecule has 1 saturated heterocycles. The lowest BCUT2D eigenvalue weighted by Crippen LogP contribution is -2.27. The zero-order valence-electron chi connectivity index (χ0n) is 12.9. The van der Waals surface area contributed by atoms with Crippen molar-refractivity contribution in [1.29, 1.82) is 0 Å². The summed E-state index contributed by atoms with van der Waals surface area (Å²) in [4.78, 5) is 4.44. The van der Waals surface area contributed by atoms with E-state index in [0.717, 1.165) is 18.5 Å². The number of benzene rings is 1. The van der Waals surface area contributed by atoms with Gasteiger partial charge in [0.25, 0.3) is 0 Å². The van der Waals surface area contributed by atoms with Gasteiger partial charge in [0.2, 0.25) is 10.0 Å². The van der Waals surface area contributed by atoms with E-state index in [2.05, 4.69) is 10.3 Å². The summed E-state index contributed by atoms with van der Waals surface area (Å²) in [7, 11) is -1.83. The summed E-state index contributed by atoms with van der Waals surface area (Å²) < 4.78 is 31.7. The predicted molar refractivity (Wildman–Crippen MR) is 88.5 cm³/mol. The highest BCUT2D eigenvalue weighted by atomic mass is 32.2. The quantitative estimate of drug-likeness (QED) is 0.911. The van der Waals surface area contributed by atoms with Crippen LogP contribution in [-0.2, 0) is 10.0 Å². The number of hydrogen-bond acceptors (Lipinski definition) is 5. The van der Waals surface area contributed by atoms with Crippen molar-refractivity contribution in [1.82, 2.24) is 9.29 Å². The van der Waals surface area contributed by atoms with Gasteiger partial charge in [-0.2, -0.15) is 4.31 Å². The number of anilines is 2. The molecule has 0 bridgehead atoms. The Morgan fingerprint density at radius 1 is 1.13 bits per heavy atom. The van der Waals surface area contributed by atoms with Crippen LogP contribution < -0.4 is 10.1 Å². The van der Waals surface area contributed by atoms with E-state index in [1.807, 2.05) is 24.3 Å². The molecule has 122 valence electrons. The van der Waals surface area contributed by atoms with Crippen molar-refractivity contribution in [2.45, 2.75) is 17.7 Å². The molecule has 1 aliphatic rings. The maximum Gasteiger partial charge on any atom is 0.244 e. The number of nitrogens with zero attached hydrogens (tertiary/aromatic N) is 2. The smallest absolute Gasteiger partial charge is 0.244 e. The van der Waals surface area contributed by atoms with Crippen molar-refractivity contribution in [2.24, 2.45) is 0 Å². The standard InChI is InChI=1S/C16H19N3O3S/c1-22-15-7-3-2-6-14(15)18-16-9-8-13(12-17-16)23(20,21)19-10-4-5-11-19/h2-3,6-9,12H,4-5,10-11H2,1H3,(H,17,18). The van der Waals surface area contributed by atoms with Gasteiger partial charge in [0.1, 0.15) is 16.5 Å². The zero-order valence-corrected chi connectivity index (χ0v) is 13.7. The Kier molecular flexibility index (Phi) is 4.49. The fraction of sp³-hybridized carbons (Fsp3) is 0.312. The van der Waals surface area contributed by atoms with Gasteiger partial charge in [0.15, 0.2) is 0 Å². The minimum atomic E-state index is -3.42. The average molecular weight is 333 g/mol. The van der Waals surface area contributed by atoms with E-state index in [9.17, 15) is 8.42 Å². The summed E-state index contributed by atoms with van der Waals surface area (Å²) in [6, 6.07) is 10.7. The Balaban J connectivity index is 1.79. The van der Waals surface area contributed by atoms with Gasteiger partial charge in [-0.25, -0.2) is 13.4 Å². The molecule has 0 unspecified atom stereocenters. The SMILES string of the molecule is COc1ccccc1Nc1ccc(S(=O)(=O)N2CCCC2)cn1. The van der Waals surface area contributed by atoms with Crippen LogP contribution in [0.5, 0.6) is 5.75 Å². The minimum Gasteiger partial charge on any atom is -0.495 e. The molecule has 2 aromatic rings. The highest BCUT2D eigenvalue weighted by molar-refractivity contribution is 7.89. The van der Waals surface area contributed by atoms with E-state index in [-0.39, 0.29) is 4.90 Å². The molecule has 1 fully saturated rings. The molecule has 23 heavy (non-hydrogen) atoms.